The highest BCUT2D eigenvalue weighted by Gasteiger charge is 2.39. The third kappa shape index (κ3) is 5.39. The van der Waals surface area contributed by atoms with Gasteiger partial charge in [0.2, 0.25) is 0 Å². The number of carboxylic acid groups (broad SMARTS) is 1. The second-order valence-electron chi connectivity index (χ2n) is 2.57. The molecule has 0 spiro atoms. The highest BCUT2D eigenvalue weighted by molar-refractivity contribution is 5.76. The number of aliphatic carboxylic acids is 1. The lowest BCUT2D eigenvalue weighted by Gasteiger charge is -2.15. The molecule has 0 rings (SSSR count). The van der Waals surface area contributed by atoms with Crippen molar-refractivity contribution >= 4 is 11.9 Å². The van der Waals surface area contributed by atoms with E-state index in [1.54, 1.807) is 0 Å². The van der Waals surface area contributed by atoms with Crippen molar-refractivity contribution < 1.29 is 32.6 Å². The fraction of sp³-hybridized carbons (Fsp3) is 0.714. The van der Waals surface area contributed by atoms with Crippen LogP contribution in [0.5, 0.6) is 0 Å². The number of carbonyl (C=O) groups excluding carboxylic acids is 1. The third-order valence-corrected chi connectivity index (χ3v) is 1.31. The molecule has 0 heterocycles. The minimum Gasteiger partial charge on any atom is -0.481 e. The van der Waals surface area contributed by atoms with Crippen molar-refractivity contribution in [2.75, 3.05) is 0 Å². The van der Waals surface area contributed by atoms with Crippen LogP contribution in [-0.4, -0.2) is 29.3 Å². The number of carbonyl (C=O) groups is 2. The SMILES string of the molecule is CC(OC(=O)CCC(=O)O)C(F)(F)F. The predicted molar refractivity (Wildman–Crippen MR) is 38.5 cm³/mol. The maximum Gasteiger partial charge on any atom is 0.425 e. The lowest BCUT2D eigenvalue weighted by molar-refractivity contribution is -0.216. The lowest BCUT2D eigenvalue weighted by Crippen LogP contribution is -2.30. The van der Waals surface area contributed by atoms with Gasteiger partial charge in [-0.05, 0) is 6.92 Å². The zero-order valence-electron chi connectivity index (χ0n) is 7.30. The molecule has 0 aromatic rings. The van der Waals surface area contributed by atoms with E-state index in [4.69, 9.17) is 5.11 Å². The van der Waals surface area contributed by atoms with Crippen molar-refractivity contribution in [3.63, 3.8) is 0 Å². The van der Waals surface area contributed by atoms with Crippen LogP contribution >= 0.6 is 0 Å². The highest BCUT2D eigenvalue weighted by atomic mass is 19.4. The molecule has 0 aliphatic heterocycles. The zero-order chi connectivity index (χ0) is 11.4. The molecule has 0 saturated carbocycles. The van der Waals surface area contributed by atoms with E-state index < -0.39 is 37.1 Å². The molecule has 0 aromatic carbocycles. The molecule has 0 amide bonds. The molecule has 1 unspecified atom stereocenters. The molecule has 0 bridgehead atoms. The van der Waals surface area contributed by atoms with E-state index in [1.165, 1.54) is 0 Å². The number of rotatable bonds is 4. The number of hydrogen-bond donors (Lipinski definition) is 1. The van der Waals surface area contributed by atoms with Gasteiger partial charge in [-0.2, -0.15) is 13.2 Å². The van der Waals surface area contributed by atoms with Crippen LogP contribution in [0.25, 0.3) is 0 Å². The Balaban J connectivity index is 3.89. The van der Waals surface area contributed by atoms with Gasteiger partial charge in [-0.1, -0.05) is 0 Å². The van der Waals surface area contributed by atoms with E-state index in [0.29, 0.717) is 6.92 Å². The maximum atomic E-state index is 11.8. The van der Waals surface area contributed by atoms with Crippen molar-refractivity contribution in [1.82, 2.24) is 0 Å². The van der Waals surface area contributed by atoms with E-state index in [1.807, 2.05) is 0 Å². The summed E-state index contributed by atoms with van der Waals surface area (Å²) >= 11 is 0. The van der Waals surface area contributed by atoms with E-state index in [2.05, 4.69) is 4.74 Å². The molecule has 14 heavy (non-hydrogen) atoms. The first-order valence-electron chi connectivity index (χ1n) is 3.71. The number of esters is 1. The van der Waals surface area contributed by atoms with Crippen LogP contribution < -0.4 is 0 Å². The average Bonchev–Trinajstić information content (AvgIpc) is 1.99. The number of carboxylic acids is 1. The topological polar surface area (TPSA) is 63.6 Å². The summed E-state index contributed by atoms with van der Waals surface area (Å²) in [6.45, 7) is 0.679. The fourth-order valence-corrected chi connectivity index (χ4v) is 0.532. The second-order valence-corrected chi connectivity index (χ2v) is 2.57. The van der Waals surface area contributed by atoms with Crippen LogP contribution in [0.4, 0.5) is 13.2 Å². The van der Waals surface area contributed by atoms with Gasteiger partial charge in [-0.15, -0.1) is 0 Å². The van der Waals surface area contributed by atoms with E-state index in [0.717, 1.165) is 0 Å². The molecule has 7 heteroatoms. The highest BCUT2D eigenvalue weighted by Crippen LogP contribution is 2.22. The smallest absolute Gasteiger partial charge is 0.425 e. The summed E-state index contributed by atoms with van der Waals surface area (Å²) in [7, 11) is 0. The fourth-order valence-electron chi connectivity index (χ4n) is 0.532. The molecule has 0 fully saturated rings. The molecule has 0 aliphatic rings. The Kier molecular flexibility index (Phi) is 4.39. The summed E-state index contributed by atoms with van der Waals surface area (Å²) < 4.78 is 39.4. The first kappa shape index (κ1) is 12.7. The van der Waals surface area contributed by atoms with Gasteiger partial charge in [0.1, 0.15) is 0 Å². The Morgan fingerprint density at radius 1 is 1.36 bits per heavy atom. The Bertz CT molecular complexity index is 223. The van der Waals surface area contributed by atoms with Crippen LogP contribution in [0, 0.1) is 0 Å². The number of alkyl halides is 3. The number of ether oxygens (including phenoxy) is 1. The van der Waals surface area contributed by atoms with Crippen molar-refractivity contribution in [3.05, 3.63) is 0 Å². The summed E-state index contributed by atoms with van der Waals surface area (Å²) in [4.78, 5) is 20.6. The Labute approximate surface area is 77.7 Å². The van der Waals surface area contributed by atoms with Crippen LogP contribution in [-0.2, 0) is 14.3 Å². The normalized spacial score (nSPS) is 13.4. The zero-order valence-corrected chi connectivity index (χ0v) is 7.30. The molecule has 0 aromatic heterocycles. The summed E-state index contributed by atoms with van der Waals surface area (Å²) in [6, 6.07) is 0. The van der Waals surface area contributed by atoms with E-state index in [-0.39, 0.29) is 0 Å². The number of hydrogen-bond acceptors (Lipinski definition) is 3. The maximum absolute atomic E-state index is 11.8. The van der Waals surface area contributed by atoms with Crippen LogP contribution in [0.1, 0.15) is 19.8 Å². The summed E-state index contributed by atoms with van der Waals surface area (Å²) in [5.74, 6) is -2.43. The molecule has 82 valence electrons. The van der Waals surface area contributed by atoms with Crippen LogP contribution in [0.2, 0.25) is 0 Å². The van der Waals surface area contributed by atoms with Crippen LogP contribution in [0.15, 0.2) is 0 Å². The Hall–Kier alpha value is -1.27. The third-order valence-electron chi connectivity index (χ3n) is 1.31. The molecule has 0 radical (unpaired) electrons. The Morgan fingerprint density at radius 3 is 2.21 bits per heavy atom. The van der Waals surface area contributed by atoms with Crippen molar-refractivity contribution in [1.29, 1.82) is 0 Å². The Morgan fingerprint density at radius 2 is 1.86 bits per heavy atom. The first-order chi connectivity index (χ1) is 6.23. The van der Waals surface area contributed by atoms with Gasteiger partial charge in [-0.25, -0.2) is 0 Å². The summed E-state index contributed by atoms with van der Waals surface area (Å²) in [6.07, 6.45) is -7.92. The van der Waals surface area contributed by atoms with Gasteiger partial charge in [0, 0.05) is 0 Å². The molecule has 0 aliphatic carbocycles. The second kappa shape index (κ2) is 4.83. The number of halogens is 3. The van der Waals surface area contributed by atoms with E-state index in [9.17, 15) is 22.8 Å². The van der Waals surface area contributed by atoms with Crippen molar-refractivity contribution in [2.45, 2.75) is 32.0 Å². The van der Waals surface area contributed by atoms with Gasteiger partial charge >= 0.3 is 18.1 Å². The molecular weight excluding hydrogens is 205 g/mol. The van der Waals surface area contributed by atoms with Gasteiger partial charge < -0.3 is 9.84 Å². The first-order valence-corrected chi connectivity index (χ1v) is 3.71. The molecule has 1 N–H and O–H groups in total. The summed E-state index contributed by atoms with van der Waals surface area (Å²) in [5.41, 5.74) is 0. The standard InChI is InChI=1S/C7H9F3O4/c1-4(7(8,9)10)14-6(13)3-2-5(11)12/h4H,2-3H2,1H3,(H,11,12). The average molecular weight is 214 g/mol. The minimum atomic E-state index is -4.61. The van der Waals surface area contributed by atoms with Gasteiger partial charge in [0.05, 0.1) is 12.8 Å². The molecule has 4 nitrogen and oxygen atoms in total. The largest absolute Gasteiger partial charge is 0.481 e. The van der Waals surface area contributed by atoms with Crippen molar-refractivity contribution in [3.8, 4) is 0 Å². The van der Waals surface area contributed by atoms with Gasteiger partial charge in [0.25, 0.3) is 0 Å². The van der Waals surface area contributed by atoms with E-state index >= 15 is 0 Å². The molecule has 0 saturated heterocycles. The van der Waals surface area contributed by atoms with Crippen molar-refractivity contribution in [2.24, 2.45) is 0 Å². The molecule has 1 atom stereocenters. The monoisotopic (exact) mass is 214 g/mol. The quantitative estimate of drug-likeness (QED) is 0.717. The summed E-state index contributed by atoms with van der Waals surface area (Å²) in [5, 5.41) is 8.13. The van der Waals surface area contributed by atoms with Gasteiger partial charge in [0.15, 0.2) is 6.10 Å². The molecular formula is C7H9F3O4. The van der Waals surface area contributed by atoms with Crippen LogP contribution in [0.3, 0.4) is 0 Å². The van der Waals surface area contributed by atoms with Gasteiger partial charge in [-0.3, -0.25) is 9.59 Å². The predicted octanol–water partition coefficient (Wildman–Crippen LogP) is 1.35. The lowest BCUT2D eigenvalue weighted by atomic mass is 10.3. The minimum absolute atomic E-state index is 0.538.